The third-order valence-electron chi connectivity index (χ3n) is 4.04. The number of nitrogens with zero attached hydrogens (tertiary/aromatic N) is 3. The highest BCUT2D eigenvalue weighted by Gasteiger charge is 2.34. The summed E-state index contributed by atoms with van der Waals surface area (Å²) in [6.07, 6.45) is 0.225. The van der Waals surface area contributed by atoms with Crippen molar-refractivity contribution in [3.63, 3.8) is 0 Å². The lowest BCUT2D eigenvalue weighted by atomic mass is 10.3. The number of H-pyrrole nitrogens is 1. The van der Waals surface area contributed by atoms with E-state index in [0.29, 0.717) is 36.5 Å². The summed E-state index contributed by atoms with van der Waals surface area (Å²) in [5, 5.41) is 2.89. The number of nitrogens with one attached hydrogen (secondary N) is 1. The zero-order valence-corrected chi connectivity index (χ0v) is 13.6. The van der Waals surface area contributed by atoms with Crippen molar-refractivity contribution in [3.8, 4) is 0 Å². The Kier molecular flexibility index (Phi) is 4.26. The fourth-order valence-corrected chi connectivity index (χ4v) is 3.56. The van der Waals surface area contributed by atoms with E-state index in [1.54, 1.807) is 23.6 Å². The molecule has 2 unspecified atom stereocenters. The molecule has 0 saturated carbocycles. The Balaban J connectivity index is 1.36. The Morgan fingerprint density at radius 2 is 2.29 bits per heavy atom. The molecule has 1 aromatic carbocycles. The summed E-state index contributed by atoms with van der Waals surface area (Å²) < 4.78 is 33.0. The zero-order chi connectivity index (χ0) is 16.5. The Hall–Kier alpha value is -1.90. The maximum atomic E-state index is 14.2. The maximum absolute atomic E-state index is 14.2. The Morgan fingerprint density at radius 3 is 3.12 bits per heavy atom. The molecule has 1 N–H and O–H groups in total. The van der Waals surface area contributed by atoms with Crippen LogP contribution in [0.2, 0.25) is 0 Å². The highest BCUT2D eigenvalue weighted by atomic mass is 32.1. The van der Waals surface area contributed by atoms with Gasteiger partial charge >= 0.3 is 0 Å². The summed E-state index contributed by atoms with van der Waals surface area (Å²) in [5.41, 5.74) is 1.28. The molecule has 8 heteroatoms. The van der Waals surface area contributed by atoms with Crippen LogP contribution in [0.1, 0.15) is 10.8 Å². The van der Waals surface area contributed by atoms with Gasteiger partial charge < -0.3 is 9.72 Å². The molecular weight excluding hydrogens is 334 g/mol. The number of hydrogen-bond acceptors (Lipinski definition) is 5. The maximum Gasteiger partial charge on any atom is 0.140 e. The number of benzene rings is 1. The molecule has 4 rings (SSSR count). The summed E-state index contributed by atoms with van der Waals surface area (Å²) in [6, 6.07) is 4.35. The molecule has 3 aromatic rings. The summed E-state index contributed by atoms with van der Waals surface area (Å²) in [7, 11) is 0. The van der Waals surface area contributed by atoms with Crippen LogP contribution in [-0.2, 0) is 17.9 Å². The van der Waals surface area contributed by atoms with Crippen molar-refractivity contribution in [1.29, 1.82) is 0 Å². The average Bonchev–Trinajstić information content (AvgIpc) is 3.26. The van der Waals surface area contributed by atoms with Crippen LogP contribution in [0.4, 0.5) is 8.78 Å². The van der Waals surface area contributed by atoms with Crippen molar-refractivity contribution in [2.75, 3.05) is 13.1 Å². The number of likely N-dealkylation sites (tertiary alicyclic amines) is 1. The van der Waals surface area contributed by atoms with Gasteiger partial charge in [-0.05, 0) is 18.2 Å². The number of alkyl halides is 1. The number of thiazole rings is 1. The number of rotatable bonds is 5. The highest BCUT2D eigenvalue weighted by molar-refractivity contribution is 7.09. The van der Waals surface area contributed by atoms with Crippen LogP contribution >= 0.6 is 11.3 Å². The van der Waals surface area contributed by atoms with Gasteiger partial charge in [0.15, 0.2) is 0 Å². The third-order valence-corrected chi connectivity index (χ3v) is 4.81. The van der Waals surface area contributed by atoms with Crippen LogP contribution in [0.5, 0.6) is 0 Å². The SMILES string of the molecule is Fc1ccc2nc(COC3CN(Cc4nccs4)CC3F)[nH]c2c1. The van der Waals surface area contributed by atoms with E-state index in [2.05, 4.69) is 15.0 Å². The van der Waals surface area contributed by atoms with Crippen molar-refractivity contribution in [2.45, 2.75) is 25.4 Å². The van der Waals surface area contributed by atoms with E-state index in [4.69, 9.17) is 4.74 Å². The van der Waals surface area contributed by atoms with Crippen molar-refractivity contribution in [2.24, 2.45) is 0 Å². The molecule has 0 aliphatic carbocycles. The van der Waals surface area contributed by atoms with Crippen LogP contribution in [0.15, 0.2) is 29.8 Å². The second-order valence-electron chi connectivity index (χ2n) is 5.83. The predicted octanol–water partition coefficient (Wildman–Crippen LogP) is 2.90. The molecule has 0 amide bonds. The van der Waals surface area contributed by atoms with Crippen molar-refractivity contribution < 1.29 is 13.5 Å². The Bertz CT molecular complexity index is 823. The van der Waals surface area contributed by atoms with Crippen molar-refractivity contribution in [1.82, 2.24) is 19.9 Å². The fourth-order valence-electron chi connectivity index (χ4n) is 2.91. The molecule has 2 atom stereocenters. The van der Waals surface area contributed by atoms with E-state index in [-0.39, 0.29) is 12.4 Å². The second-order valence-corrected chi connectivity index (χ2v) is 6.81. The van der Waals surface area contributed by atoms with Crippen LogP contribution in [0.3, 0.4) is 0 Å². The minimum absolute atomic E-state index is 0.173. The lowest BCUT2D eigenvalue weighted by molar-refractivity contribution is 0.00863. The standard InChI is InChI=1S/C16H16F2N4OS/c17-10-1-2-12-13(5-10)21-15(20-12)9-23-14-7-22(6-11(14)18)8-16-19-3-4-24-16/h1-5,11,14H,6-9H2,(H,20,21). The molecule has 0 spiro atoms. The van der Waals surface area contributed by atoms with Gasteiger partial charge in [-0.25, -0.2) is 18.7 Å². The van der Waals surface area contributed by atoms with Gasteiger partial charge in [0.1, 0.15) is 35.5 Å². The molecule has 1 fully saturated rings. The molecule has 1 saturated heterocycles. The summed E-state index contributed by atoms with van der Waals surface area (Å²) in [6.45, 7) is 1.68. The quantitative estimate of drug-likeness (QED) is 0.769. The Labute approximate surface area is 141 Å². The fraction of sp³-hybridized carbons (Fsp3) is 0.375. The first-order valence-electron chi connectivity index (χ1n) is 7.68. The normalized spacial score (nSPS) is 21.8. The molecule has 126 valence electrons. The number of hydrogen-bond donors (Lipinski definition) is 1. The van der Waals surface area contributed by atoms with Crippen LogP contribution < -0.4 is 0 Å². The third kappa shape index (κ3) is 3.31. The van der Waals surface area contributed by atoms with E-state index >= 15 is 0 Å². The van der Waals surface area contributed by atoms with Crippen LogP contribution in [-0.4, -0.2) is 45.2 Å². The number of imidazole rings is 1. The molecule has 2 aromatic heterocycles. The van der Waals surface area contributed by atoms with E-state index in [1.807, 2.05) is 10.3 Å². The van der Waals surface area contributed by atoms with Gasteiger partial charge in [-0.2, -0.15) is 0 Å². The molecule has 1 aliphatic rings. The van der Waals surface area contributed by atoms with Gasteiger partial charge in [0.25, 0.3) is 0 Å². The second kappa shape index (κ2) is 6.54. The smallest absolute Gasteiger partial charge is 0.140 e. The number of ether oxygens (including phenoxy) is 1. The van der Waals surface area contributed by atoms with Gasteiger partial charge in [0, 0.05) is 24.7 Å². The number of fused-ring (bicyclic) bond motifs is 1. The van der Waals surface area contributed by atoms with Gasteiger partial charge in [0.05, 0.1) is 17.6 Å². The summed E-state index contributed by atoms with van der Waals surface area (Å²) in [5.74, 6) is 0.247. The first-order chi connectivity index (χ1) is 11.7. The molecular formula is C16H16F2N4OS. The number of aromatic amines is 1. The van der Waals surface area contributed by atoms with Gasteiger partial charge in [0.2, 0.25) is 0 Å². The molecule has 1 aliphatic heterocycles. The molecule has 0 bridgehead atoms. The van der Waals surface area contributed by atoms with E-state index < -0.39 is 12.3 Å². The van der Waals surface area contributed by atoms with E-state index in [9.17, 15) is 8.78 Å². The molecule has 0 radical (unpaired) electrons. The van der Waals surface area contributed by atoms with Crippen molar-refractivity contribution in [3.05, 3.63) is 46.4 Å². The van der Waals surface area contributed by atoms with Gasteiger partial charge in [-0.15, -0.1) is 11.3 Å². The van der Waals surface area contributed by atoms with Gasteiger partial charge in [-0.1, -0.05) is 0 Å². The highest BCUT2D eigenvalue weighted by Crippen LogP contribution is 2.21. The minimum atomic E-state index is -1.04. The van der Waals surface area contributed by atoms with E-state index in [1.165, 1.54) is 12.1 Å². The predicted molar refractivity (Wildman–Crippen MR) is 86.9 cm³/mol. The molecule has 5 nitrogen and oxygen atoms in total. The van der Waals surface area contributed by atoms with Crippen LogP contribution in [0.25, 0.3) is 11.0 Å². The topological polar surface area (TPSA) is 54.0 Å². The van der Waals surface area contributed by atoms with Gasteiger partial charge in [-0.3, -0.25) is 4.90 Å². The molecule has 3 heterocycles. The summed E-state index contributed by atoms with van der Waals surface area (Å²) >= 11 is 1.56. The monoisotopic (exact) mass is 350 g/mol. The lowest BCUT2D eigenvalue weighted by Crippen LogP contribution is -2.24. The minimum Gasteiger partial charge on any atom is -0.366 e. The number of aromatic nitrogens is 3. The molecule has 24 heavy (non-hydrogen) atoms. The number of halogens is 2. The first-order valence-corrected chi connectivity index (χ1v) is 8.56. The van der Waals surface area contributed by atoms with Crippen LogP contribution in [0, 0.1) is 5.82 Å². The lowest BCUT2D eigenvalue weighted by Gasteiger charge is -2.14. The van der Waals surface area contributed by atoms with E-state index in [0.717, 1.165) is 5.01 Å². The first kappa shape index (κ1) is 15.6. The zero-order valence-electron chi connectivity index (χ0n) is 12.8. The Morgan fingerprint density at radius 1 is 1.38 bits per heavy atom. The average molecular weight is 350 g/mol. The largest absolute Gasteiger partial charge is 0.366 e. The summed E-state index contributed by atoms with van der Waals surface area (Å²) in [4.78, 5) is 13.6. The van der Waals surface area contributed by atoms with Crippen molar-refractivity contribution >= 4 is 22.4 Å².